The van der Waals surface area contributed by atoms with Gasteiger partial charge in [-0.1, -0.05) is 32.6 Å². The van der Waals surface area contributed by atoms with Crippen molar-refractivity contribution in [1.82, 2.24) is 9.80 Å². The molecule has 4 rings (SSSR count). The first-order chi connectivity index (χ1) is 10.7. The van der Waals surface area contributed by atoms with Crippen LogP contribution in [0.15, 0.2) is 11.9 Å². The van der Waals surface area contributed by atoms with Gasteiger partial charge in [0.05, 0.1) is 12.3 Å². The smallest absolute Gasteiger partial charge is 0.249 e. The quantitative estimate of drug-likeness (QED) is 0.852. The highest BCUT2D eigenvalue weighted by Gasteiger charge is 2.54. The van der Waals surface area contributed by atoms with Gasteiger partial charge in [0.25, 0.3) is 0 Å². The average molecular weight is 304 g/mol. The molecule has 2 saturated carbocycles. The van der Waals surface area contributed by atoms with Crippen LogP contribution < -0.4 is 0 Å². The van der Waals surface area contributed by atoms with Gasteiger partial charge in [-0.25, -0.2) is 0 Å². The van der Waals surface area contributed by atoms with Crippen LogP contribution in [0.1, 0.15) is 58.3 Å². The van der Waals surface area contributed by atoms with Crippen molar-refractivity contribution in [2.24, 2.45) is 11.8 Å². The van der Waals surface area contributed by atoms with Crippen LogP contribution in [0, 0.1) is 11.8 Å². The fraction of sp³-hybridized carbons (Fsp3) is 0.833. The number of rotatable bonds is 2. The Balaban J connectivity index is 1.69. The van der Waals surface area contributed by atoms with Crippen molar-refractivity contribution in [3.63, 3.8) is 0 Å². The van der Waals surface area contributed by atoms with Crippen LogP contribution in [0.25, 0.3) is 0 Å². The minimum atomic E-state index is -0.0270. The Morgan fingerprint density at radius 2 is 1.82 bits per heavy atom. The van der Waals surface area contributed by atoms with Gasteiger partial charge in [0.15, 0.2) is 0 Å². The normalized spacial score (nSPS) is 39.0. The molecule has 4 aliphatic rings. The second-order valence-electron chi connectivity index (χ2n) is 7.69. The van der Waals surface area contributed by atoms with Crippen LogP contribution in [0.5, 0.6) is 0 Å². The molecule has 0 spiro atoms. The Morgan fingerprint density at radius 3 is 2.55 bits per heavy atom. The number of aliphatic hydroxyl groups excluding tert-OH is 1. The van der Waals surface area contributed by atoms with Crippen LogP contribution in [-0.4, -0.2) is 45.5 Å². The molecule has 22 heavy (non-hydrogen) atoms. The summed E-state index contributed by atoms with van der Waals surface area (Å²) in [5.74, 6) is 1.34. The topological polar surface area (TPSA) is 43.8 Å². The lowest BCUT2D eigenvalue weighted by Gasteiger charge is -2.43. The van der Waals surface area contributed by atoms with Crippen LogP contribution in [0.3, 0.4) is 0 Å². The summed E-state index contributed by atoms with van der Waals surface area (Å²) in [6.45, 7) is 2.32. The first-order valence-corrected chi connectivity index (χ1v) is 9.14. The maximum absolute atomic E-state index is 13.2. The summed E-state index contributed by atoms with van der Waals surface area (Å²) in [5.41, 5.74) is 0.984. The lowest BCUT2D eigenvalue weighted by atomic mass is 9.79. The van der Waals surface area contributed by atoms with Gasteiger partial charge < -0.3 is 14.9 Å². The van der Waals surface area contributed by atoms with Crippen LogP contribution in [0.2, 0.25) is 0 Å². The second-order valence-corrected chi connectivity index (χ2v) is 7.69. The Kier molecular flexibility index (Phi) is 3.67. The number of hydrogen-bond donors (Lipinski definition) is 1. The summed E-state index contributed by atoms with van der Waals surface area (Å²) in [4.78, 5) is 17.5. The highest BCUT2D eigenvalue weighted by Crippen LogP contribution is 2.47. The Labute approximate surface area is 133 Å². The van der Waals surface area contributed by atoms with Crippen molar-refractivity contribution in [2.75, 3.05) is 6.61 Å². The summed E-state index contributed by atoms with van der Waals surface area (Å²) in [6, 6.07) is 0.814. The van der Waals surface area contributed by atoms with Gasteiger partial charge in [-0.3, -0.25) is 4.79 Å². The minimum absolute atomic E-state index is 0.0270. The number of hydrogen-bond acceptors (Lipinski definition) is 3. The highest BCUT2D eigenvalue weighted by molar-refractivity contribution is 5.85. The molecule has 4 heteroatoms. The number of fused-ring (bicyclic) bond motifs is 3. The lowest BCUT2D eigenvalue weighted by molar-refractivity contribution is -0.138. The number of carbonyl (C=O) groups excluding carboxylic acids is 1. The molecule has 0 bridgehead atoms. The molecule has 1 N–H and O–H groups in total. The number of amides is 1. The molecule has 4 nitrogen and oxygen atoms in total. The van der Waals surface area contributed by atoms with Crippen molar-refractivity contribution < 1.29 is 9.90 Å². The van der Waals surface area contributed by atoms with E-state index in [0.29, 0.717) is 29.8 Å². The summed E-state index contributed by atoms with van der Waals surface area (Å²) in [5, 5.41) is 9.91. The zero-order valence-corrected chi connectivity index (χ0v) is 13.6. The zero-order chi connectivity index (χ0) is 15.3. The summed E-state index contributed by atoms with van der Waals surface area (Å²) in [6.07, 6.45) is 11.7. The van der Waals surface area contributed by atoms with E-state index in [1.807, 2.05) is 11.1 Å². The molecule has 1 amide bonds. The maximum atomic E-state index is 13.2. The van der Waals surface area contributed by atoms with E-state index in [2.05, 4.69) is 11.8 Å². The third kappa shape index (κ3) is 2.03. The van der Waals surface area contributed by atoms with Gasteiger partial charge in [-0.05, 0) is 37.5 Å². The van der Waals surface area contributed by atoms with E-state index in [-0.39, 0.29) is 12.6 Å². The Morgan fingerprint density at radius 1 is 1.14 bits per heavy atom. The molecule has 2 aliphatic heterocycles. The van der Waals surface area contributed by atoms with Gasteiger partial charge in [0, 0.05) is 18.3 Å². The second kappa shape index (κ2) is 5.55. The fourth-order valence-corrected chi connectivity index (χ4v) is 5.56. The molecule has 1 saturated heterocycles. The van der Waals surface area contributed by atoms with Gasteiger partial charge in [-0.2, -0.15) is 0 Å². The molecule has 0 aromatic carbocycles. The van der Waals surface area contributed by atoms with E-state index in [4.69, 9.17) is 0 Å². The zero-order valence-electron chi connectivity index (χ0n) is 13.6. The number of carbonyl (C=O) groups is 1. The predicted octanol–water partition coefficient (Wildman–Crippen LogP) is 2.48. The monoisotopic (exact) mass is 304 g/mol. The van der Waals surface area contributed by atoms with E-state index in [9.17, 15) is 9.90 Å². The fourth-order valence-electron chi connectivity index (χ4n) is 5.56. The largest absolute Gasteiger partial charge is 0.390 e. The summed E-state index contributed by atoms with van der Waals surface area (Å²) in [7, 11) is 0. The molecule has 2 aliphatic carbocycles. The molecule has 4 unspecified atom stereocenters. The van der Waals surface area contributed by atoms with E-state index in [0.717, 1.165) is 18.5 Å². The van der Waals surface area contributed by atoms with Crippen molar-refractivity contribution in [3.05, 3.63) is 11.9 Å². The molecule has 0 aromatic rings. The number of aliphatic hydroxyl groups is 1. The Bertz CT molecular complexity index is 483. The molecule has 122 valence electrons. The first kappa shape index (κ1) is 14.6. The van der Waals surface area contributed by atoms with E-state index < -0.39 is 0 Å². The van der Waals surface area contributed by atoms with E-state index in [1.165, 1.54) is 38.5 Å². The van der Waals surface area contributed by atoms with E-state index in [1.54, 1.807) is 0 Å². The molecule has 0 aromatic heterocycles. The average Bonchev–Trinajstić information content (AvgIpc) is 3.16. The standard InChI is InChI=1S/C18H28N2O2/c1-12-15-8-4-5-9-16(15)20-14(11-21)10-19(18(22)17(12)20)13-6-2-3-7-13/h10,12-13,15-17,21H,2-9,11H2,1H3. The highest BCUT2D eigenvalue weighted by atomic mass is 16.3. The van der Waals surface area contributed by atoms with Gasteiger partial charge >= 0.3 is 0 Å². The van der Waals surface area contributed by atoms with Crippen LogP contribution in [0.4, 0.5) is 0 Å². The van der Waals surface area contributed by atoms with Crippen molar-refractivity contribution in [2.45, 2.75) is 76.4 Å². The minimum Gasteiger partial charge on any atom is -0.390 e. The third-order valence-corrected chi connectivity index (χ3v) is 6.62. The van der Waals surface area contributed by atoms with Gasteiger partial charge in [0.2, 0.25) is 5.91 Å². The van der Waals surface area contributed by atoms with Crippen LogP contribution in [-0.2, 0) is 4.79 Å². The molecule has 2 heterocycles. The molecular formula is C18H28N2O2. The summed E-state index contributed by atoms with van der Waals surface area (Å²) < 4.78 is 0. The third-order valence-electron chi connectivity index (χ3n) is 6.62. The van der Waals surface area contributed by atoms with Gasteiger partial charge in [-0.15, -0.1) is 0 Å². The molecule has 0 radical (unpaired) electrons. The summed E-state index contributed by atoms with van der Waals surface area (Å²) >= 11 is 0. The molecule has 3 fully saturated rings. The first-order valence-electron chi connectivity index (χ1n) is 9.14. The van der Waals surface area contributed by atoms with Gasteiger partial charge in [0.1, 0.15) is 6.04 Å². The molecule has 4 atom stereocenters. The van der Waals surface area contributed by atoms with E-state index >= 15 is 0 Å². The Hall–Kier alpha value is -1.03. The van der Waals surface area contributed by atoms with Crippen molar-refractivity contribution in [1.29, 1.82) is 0 Å². The maximum Gasteiger partial charge on any atom is 0.249 e. The van der Waals surface area contributed by atoms with Crippen molar-refractivity contribution in [3.8, 4) is 0 Å². The SMILES string of the molecule is CC1C2CCCCC2N2C(CO)=CN(C3CCCC3)C(=O)C12. The molecular weight excluding hydrogens is 276 g/mol. The lowest BCUT2D eigenvalue weighted by Crippen LogP contribution is -2.54. The van der Waals surface area contributed by atoms with Crippen molar-refractivity contribution >= 4 is 5.91 Å². The predicted molar refractivity (Wildman–Crippen MR) is 84.8 cm³/mol. The van der Waals surface area contributed by atoms with Crippen LogP contribution >= 0.6 is 0 Å². The number of nitrogens with zero attached hydrogens (tertiary/aromatic N) is 2.